The average Bonchev–Trinajstić information content (AvgIpc) is 3.29. The maximum atomic E-state index is 12.2. The Labute approximate surface area is 183 Å². The van der Waals surface area contributed by atoms with Crippen LogP contribution < -0.4 is 10.6 Å². The highest BCUT2D eigenvalue weighted by Gasteiger charge is 2.22. The summed E-state index contributed by atoms with van der Waals surface area (Å²) in [4.78, 5) is 28.4. The number of hydrogen-bond donors (Lipinski definition) is 2. The summed E-state index contributed by atoms with van der Waals surface area (Å²) in [6, 6.07) is 5.55. The molecule has 0 saturated heterocycles. The van der Waals surface area contributed by atoms with Gasteiger partial charge in [0.1, 0.15) is 5.01 Å². The zero-order valence-corrected chi connectivity index (χ0v) is 17.8. The van der Waals surface area contributed by atoms with Crippen LogP contribution >= 0.6 is 11.3 Å². The normalized spacial score (nSPS) is 13.2. The van der Waals surface area contributed by atoms with Crippen LogP contribution in [0, 0.1) is 5.92 Å². The van der Waals surface area contributed by atoms with Crippen LogP contribution in [0.1, 0.15) is 56.7 Å². The van der Waals surface area contributed by atoms with Crippen molar-refractivity contribution >= 4 is 23.2 Å². The van der Waals surface area contributed by atoms with Gasteiger partial charge in [0.15, 0.2) is 5.69 Å². The second kappa shape index (κ2) is 10.2. The van der Waals surface area contributed by atoms with Crippen molar-refractivity contribution in [3.05, 3.63) is 52.0 Å². The Morgan fingerprint density at radius 3 is 2.81 bits per heavy atom. The van der Waals surface area contributed by atoms with Gasteiger partial charge in [0.05, 0.1) is 18.4 Å². The first kappa shape index (κ1) is 21.0. The summed E-state index contributed by atoms with van der Waals surface area (Å²) in [5.41, 5.74) is 1.06. The topological polar surface area (TPSA) is 128 Å². The molecule has 1 fully saturated rings. The summed E-state index contributed by atoms with van der Waals surface area (Å²) in [7, 11) is 0. The fourth-order valence-electron chi connectivity index (χ4n) is 2.91. The highest BCUT2D eigenvalue weighted by Crippen LogP contribution is 2.27. The average molecular weight is 441 g/mol. The van der Waals surface area contributed by atoms with Gasteiger partial charge in [-0.15, -0.1) is 15.3 Å². The standard InChI is InChI=1S/C20H24N8O2S/c29-18(23-12-15-5-1-3-9-21-15)16-13-28(27-24-16)10-4-2-6-17-25-26-20(31-17)19(30)22-11-14-7-8-14/h1,3,5,9,13-14H,2,4,6-8,10-12H2,(H,22,30)(H,23,29). The van der Waals surface area contributed by atoms with Gasteiger partial charge < -0.3 is 10.6 Å². The molecule has 0 aliphatic heterocycles. The van der Waals surface area contributed by atoms with Crippen LogP contribution in [0.4, 0.5) is 0 Å². The minimum atomic E-state index is -0.279. The first-order valence-corrected chi connectivity index (χ1v) is 11.2. The van der Waals surface area contributed by atoms with Gasteiger partial charge in [-0.3, -0.25) is 19.3 Å². The largest absolute Gasteiger partial charge is 0.350 e. The van der Waals surface area contributed by atoms with E-state index in [1.807, 2.05) is 18.2 Å². The van der Waals surface area contributed by atoms with Crippen LogP contribution in [0.2, 0.25) is 0 Å². The lowest BCUT2D eigenvalue weighted by Crippen LogP contribution is -2.25. The third-order valence-corrected chi connectivity index (χ3v) is 5.85. The molecule has 1 aliphatic carbocycles. The molecular formula is C20H24N8O2S. The predicted octanol–water partition coefficient (Wildman–Crippen LogP) is 1.62. The molecule has 1 aliphatic rings. The van der Waals surface area contributed by atoms with Crippen molar-refractivity contribution in [1.82, 2.24) is 40.8 Å². The van der Waals surface area contributed by atoms with Crippen molar-refractivity contribution in [1.29, 1.82) is 0 Å². The summed E-state index contributed by atoms with van der Waals surface area (Å²) < 4.78 is 1.66. The van der Waals surface area contributed by atoms with Gasteiger partial charge in [0.25, 0.3) is 11.8 Å². The van der Waals surface area contributed by atoms with E-state index in [-0.39, 0.29) is 17.5 Å². The Morgan fingerprint density at radius 1 is 1.10 bits per heavy atom. The lowest BCUT2D eigenvalue weighted by atomic mass is 10.2. The van der Waals surface area contributed by atoms with Gasteiger partial charge >= 0.3 is 0 Å². The lowest BCUT2D eigenvalue weighted by molar-refractivity contribution is 0.0939. The number of nitrogens with one attached hydrogen (secondary N) is 2. The van der Waals surface area contributed by atoms with E-state index in [9.17, 15) is 9.59 Å². The number of aryl methyl sites for hydroxylation is 2. The molecule has 0 radical (unpaired) electrons. The third-order valence-electron chi connectivity index (χ3n) is 4.86. The van der Waals surface area contributed by atoms with Gasteiger partial charge in [-0.1, -0.05) is 22.6 Å². The van der Waals surface area contributed by atoms with E-state index in [0.717, 1.165) is 36.5 Å². The van der Waals surface area contributed by atoms with E-state index in [0.29, 0.717) is 24.0 Å². The molecular weight excluding hydrogens is 416 g/mol. The Morgan fingerprint density at radius 2 is 2.00 bits per heavy atom. The molecule has 162 valence electrons. The summed E-state index contributed by atoms with van der Waals surface area (Å²) >= 11 is 1.34. The van der Waals surface area contributed by atoms with Crippen LogP contribution in [-0.4, -0.2) is 48.5 Å². The molecule has 3 aromatic heterocycles. The second-order valence-electron chi connectivity index (χ2n) is 7.48. The summed E-state index contributed by atoms with van der Waals surface area (Å²) in [6.45, 7) is 1.72. The van der Waals surface area contributed by atoms with Crippen molar-refractivity contribution in [2.24, 2.45) is 5.92 Å². The SMILES string of the molecule is O=C(NCc1ccccn1)c1cn(CCCCc2nnc(C(=O)NCC3CC3)s2)nn1. The van der Waals surface area contributed by atoms with E-state index in [2.05, 4.69) is 36.1 Å². The maximum Gasteiger partial charge on any atom is 0.282 e. The summed E-state index contributed by atoms with van der Waals surface area (Å²) in [6.07, 6.45) is 8.20. The van der Waals surface area contributed by atoms with E-state index in [1.54, 1.807) is 17.1 Å². The van der Waals surface area contributed by atoms with Crippen LogP contribution in [0.25, 0.3) is 0 Å². The number of pyridine rings is 1. The first-order valence-electron chi connectivity index (χ1n) is 10.4. The van der Waals surface area contributed by atoms with Gasteiger partial charge in [-0.25, -0.2) is 0 Å². The fourth-order valence-corrected chi connectivity index (χ4v) is 3.70. The van der Waals surface area contributed by atoms with Crippen LogP contribution in [-0.2, 0) is 19.5 Å². The van der Waals surface area contributed by atoms with Gasteiger partial charge in [0.2, 0.25) is 5.01 Å². The molecule has 0 aromatic carbocycles. The van der Waals surface area contributed by atoms with Crippen LogP contribution in [0.5, 0.6) is 0 Å². The Bertz CT molecular complexity index is 1020. The lowest BCUT2D eigenvalue weighted by Gasteiger charge is -2.01. The number of aromatic nitrogens is 6. The molecule has 11 heteroatoms. The van der Waals surface area contributed by atoms with Gasteiger partial charge in [0, 0.05) is 25.7 Å². The maximum absolute atomic E-state index is 12.2. The number of nitrogens with zero attached hydrogens (tertiary/aromatic N) is 6. The number of rotatable bonds is 11. The number of amides is 2. The zero-order valence-electron chi connectivity index (χ0n) is 17.0. The number of unbranched alkanes of at least 4 members (excludes halogenated alkanes) is 1. The van der Waals surface area contributed by atoms with E-state index in [1.165, 1.54) is 24.2 Å². The Kier molecular flexibility index (Phi) is 6.92. The molecule has 3 aromatic rings. The summed E-state index contributed by atoms with van der Waals surface area (Å²) in [5, 5.41) is 23.0. The molecule has 0 spiro atoms. The highest BCUT2D eigenvalue weighted by atomic mass is 32.1. The molecule has 10 nitrogen and oxygen atoms in total. The molecule has 0 bridgehead atoms. The molecule has 0 atom stereocenters. The van der Waals surface area contributed by atoms with E-state index < -0.39 is 0 Å². The number of carbonyl (C=O) groups is 2. The van der Waals surface area contributed by atoms with Crippen LogP contribution in [0.3, 0.4) is 0 Å². The van der Waals surface area contributed by atoms with Gasteiger partial charge in [-0.2, -0.15) is 0 Å². The minimum Gasteiger partial charge on any atom is -0.350 e. The van der Waals surface area contributed by atoms with E-state index >= 15 is 0 Å². The van der Waals surface area contributed by atoms with Crippen LogP contribution in [0.15, 0.2) is 30.6 Å². The molecule has 2 amide bonds. The number of hydrogen-bond acceptors (Lipinski definition) is 8. The smallest absolute Gasteiger partial charge is 0.282 e. The minimum absolute atomic E-state index is 0.132. The Balaban J connectivity index is 1.15. The van der Waals surface area contributed by atoms with Crippen molar-refractivity contribution in [2.45, 2.75) is 45.2 Å². The number of carbonyl (C=O) groups excluding carboxylic acids is 2. The fraction of sp³-hybridized carbons (Fsp3) is 0.450. The first-order chi connectivity index (χ1) is 15.2. The zero-order chi connectivity index (χ0) is 21.5. The monoisotopic (exact) mass is 440 g/mol. The second-order valence-corrected chi connectivity index (χ2v) is 8.54. The van der Waals surface area contributed by atoms with Crippen molar-refractivity contribution in [3.8, 4) is 0 Å². The van der Waals surface area contributed by atoms with Crippen molar-refractivity contribution in [3.63, 3.8) is 0 Å². The molecule has 2 N–H and O–H groups in total. The molecule has 3 heterocycles. The summed E-state index contributed by atoms with van der Waals surface area (Å²) in [5.74, 6) is 0.228. The van der Waals surface area contributed by atoms with Crippen molar-refractivity contribution < 1.29 is 9.59 Å². The van der Waals surface area contributed by atoms with E-state index in [4.69, 9.17) is 0 Å². The molecule has 4 rings (SSSR count). The predicted molar refractivity (Wildman–Crippen MR) is 113 cm³/mol. The molecule has 1 saturated carbocycles. The third kappa shape index (κ3) is 6.38. The quantitative estimate of drug-likeness (QED) is 0.434. The van der Waals surface area contributed by atoms with Gasteiger partial charge in [-0.05, 0) is 43.7 Å². The molecule has 31 heavy (non-hydrogen) atoms. The highest BCUT2D eigenvalue weighted by molar-refractivity contribution is 7.13. The Hall–Kier alpha value is -3.21. The van der Waals surface area contributed by atoms with Crippen molar-refractivity contribution in [2.75, 3.05) is 6.54 Å². The molecule has 0 unspecified atom stereocenters.